The van der Waals surface area contributed by atoms with Gasteiger partial charge in [0.15, 0.2) is 0 Å². The molecular weight excluding hydrogens is 326 g/mol. The predicted octanol–water partition coefficient (Wildman–Crippen LogP) is 2.26. The molecule has 0 radical (unpaired) electrons. The second-order valence-corrected chi connectivity index (χ2v) is 6.18. The zero-order valence-electron chi connectivity index (χ0n) is 12.6. The van der Waals surface area contributed by atoms with Gasteiger partial charge in [-0.25, -0.2) is 0 Å². The third kappa shape index (κ3) is 2.77. The Balaban J connectivity index is 2.09. The molecule has 6 nitrogen and oxygen atoms in total. The van der Waals surface area contributed by atoms with Gasteiger partial charge in [-0.3, -0.25) is 9.59 Å². The Morgan fingerprint density at radius 3 is 2.33 bits per heavy atom. The summed E-state index contributed by atoms with van der Waals surface area (Å²) in [7, 11) is 0. The Bertz CT molecular complexity index is 935. The number of ether oxygens (including phenoxy) is 1. The number of thiophene rings is 1. The van der Waals surface area contributed by atoms with Crippen molar-refractivity contribution in [3.05, 3.63) is 58.5 Å². The third-order valence-corrected chi connectivity index (χ3v) is 4.82. The van der Waals surface area contributed by atoms with Gasteiger partial charge in [0.2, 0.25) is 5.91 Å². The van der Waals surface area contributed by atoms with Crippen molar-refractivity contribution in [3.8, 4) is 5.75 Å². The van der Waals surface area contributed by atoms with E-state index >= 15 is 0 Å². The highest BCUT2D eigenvalue weighted by molar-refractivity contribution is 7.22. The summed E-state index contributed by atoms with van der Waals surface area (Å²) in [5.41, 5.74) is 18.3. The Kier molecular flexibility index (Phi) is 4.09. The number of carbonyl (C=O) groups excluding carboxylic acids is 2. The van der Waals surface area contributed by atoms with Crippen molar-refractivity contribution in [1.29, 1.82) is 0 Å². The first-order chi connectivity index (χ1) is 11.5. The van der Waals surface area contributed by atoms with Crippen LogP contribution in [0.3, 0.4) is 0 Å². The minimum Gasteiger partial charge on any atom is -0.488 e. The number of carbonyl (C=O) groups is 2. The highest BCUT2D eigenvalue weighted by Gasteiger charge is 2.21. The van der Waals surface area contributed by atoms with E-state index in [1.165, 1.54) is 0 Å². The minimum atomic E-state index is -0.655. The lowest BCUT2D eigenvalue weighted by molar-refractivity contribution is 0.0994. The zero-order valence-corrected chi connectivity index (χ0v) is 13.4. The van der Waals surface area contributed by atoms with Gasteiger partial charge in [0.05, 0.1) is 21.3 Å². The number of nitrogen functional groups attached to an aromatic ring is 1. The van der Waals surface area contributed by atoms with E-state index in [0.717, 1.165) is 16.9 Å². The minimum absolute atomic E-state index is 0.184. The molecule has 2 aromatic carbocycles. The molecule has 0 aliphatic carbocycles. The van der Waals surface area contributed by atoms with Gasteiger partial charge in [-0.15, -0.1) is 11.3 Å². The Morgan fingerprint density at radius 1 is 1.00 bits per heavy atom. The van der Waals surface area contributed by atoms with Gasteiger partial charge in [0.25, 0.3) is 5.91 Å². The van der Waals surface area contributed by atoms with E-state index in [2.05, 4.69) is 0 Å². The normalized spacial score (nSPS) is 10.7. The average Bonchev–Trinajstić information content (AvgIpc) is 2.91. The fourth-order valence-electron chi connectivity index (χ4n) is 2.43. The second kappa shape index (κ2) is 6.21. The second-order valence-electron chi connectivity index (χ2n) is 5.16. The summed E-state index contributed by atoms with van der Waals surface area (Å²) in [6.07, 6.45) is 0. The molecule has 0 aliphatic rings. The number of anilines is 1. The van der Waals surface area contributed by atoms with E-state index < -0.39 is 11.8 Å². The smallest absolute Gasteiger partial charge is 0.260 e. The Hall–Kier alpha value is -3.06. The molecule has 0 saturated carbocycles. The van der Waals surface area contributed by atoms with Crippen molar-refractivity contribution in [1.82, 2.24) is 0 Å². The third-order valence-electron chi connectivity index (χ3n) is 3.56. The van der Waals surface area contributed by atoms with Crippen molar-refractivity contribution in [3.63, 3.8) is 0 Å². The summed E-state index contributed by atoms with van der Waals surface area (Å²) in [6.45, 7) is 0.326. The van der Waals surface area contributed by atoms with Gasteiger partial charge in [-0.05, 0) is 17.7 Å². The molecular formula is C17H15N3O3S. The van der Waals surface area contributed by atoms with Gasteiger partial charge in [0, 0.05) is 0 Å². The van der Waals surface area contributed by atoms with E-state index in [9.17, 15) is 9.59 Å². The van der Waals surface area contributed by atoms with Crippen LogP contribution in [0, 0.1) is 0 Å². The number of benzene rings is 2. The van der Waals surface area contributed by atoms with Crippen LogP contribution in [0.5, 0.6) is 5.75 Å². The first-order valence-corrected chi connectivity index (χ1v) is 7.92. The van der Waals surface area contributed by atoms with E-state index in [-0.39, 0.29) is 16.1 Å². The fraction of sp³-hybridized carbons (Fsp3) is 0.0588. The zero-order chi connectivity index (χ0) is 17.3. The first-order valence-electron chi connectivity index (χ1n) is 7.10. The molecule has 1 heterocycles. The number of hydrogen-bond acceptors (Lipinski definition) is 5. The quantitative estimate of drug-likeness (QED) is 0.659. The lowest BCUT2D eigenvalue weighted by Gasteiger charge is -2.10. The number of fused-ring (bicyclic) bond motifs is 1. The van der Waals surface area contributed by atoms with Gasteiger partial charge >= 0.3 is 0 Å². The van der Waals surface area contributed by atoms with Crippen LogP contribution < -0.4 is 21.9 Å². The molecule has 3 rings (SSSR count). The van der Waals surface area contributed by atoms with Crippen LogP contribution in [-0.4, -0.2) is 11.8 Å². The van der Waals surface area contributed by atoms with Crippen LogP contribution in [0.25, 0.3) is 10.1 Å². The molecule has 0 atom stereocenters. The summed E-state index contributed by atoms with van der Waals surface area (Å²) in [6, 6.07) is 12.8. The SMILES string of the molecule is NC(=O)c1sc2c(C(N)=O)ccc(OCc3ccccc3)c2c1N. The van der Waals surface area contributed by atoms with E-state index in [0.29, 0.717) is 22.4 Å². The van der Waals surface area contributed by atoms with E-state index in [4.69, 9.17) is 21.9 Å². The van der Waals surface area contributed by atoms with Gasteiger partial charge in [-0.2, -0.15) is 0 Å². The van der Waals surface area contributed by atoms with Crippen molar-refractivity contribution in [2.24, 2.45) is 11.5 Å². The summed E-state index contributed by atoms with van der Waals surface area (Å²) in [5, 5.41) is 0.487. The van der Waals surface area contributed by atoms with Crippen molar-refractivity contribution in [2.75, 3.05) is 5.73 Å². The first kappa shape index (κ1) is 15.8. The maximum atomic E-state index is 11.6. The molecule has 2 amide bonds. The summed E-state index contributed by atoms with van der Waals surface area (Å²) in [4.78, 5) is 23.4. The van der Waals surface area contributed by atoms with Gasteiger partial charge in [-0.1, -0.05) is 30.3 Å². The molecule has 7 heteroatoms. The molecule has 0 spiro atoms. The lowest BCUT2D eigenvalue weighted by atomic mass is 10.1. The molecule has 6 N–H and O–H groups in total. The Labute approximate surface area is 141 Å². The lowest BCUT2D eigenvalue weighted by Crippen LogP contribution is -2.11. The molecule has 3 aromatic rings. The van der Waals surface area contributed by atoms with Gasteiger partial charge < -0.3 is 21.9 Å². The number of nitrogens with two attached hydrogens (primary N) is 3. The molecule has 0 fully saturated rings. The van der Waals surface area contributed by atoms with Crippen molar-refractivity contribution < 1.29 is 14.3 Å². The van der Waals surface area contributed by atoms with Crippen LogP contribution in [-0.2, 0) is 6.61 Å². The van der Waals surface area contributed by atoms with Crippen LogP contribution in [0.4, 0.5) is 5.69 Å². The highest BCUT2D eigenvalue weighted by Crippen LogP contribution is 2.41. The Morgan fingerprint density at radius 2 is 1.71 bits per heavy atom. The highest BCUT2D eigenvalue weighted by atomic mass is 32.1. The van der Waals surface area contributed by atoms with E-state index in [1.807, 2.05) is 30.3 Å². The molecule has 0 unspecified atom stereocenters. The maximum absolute atomic E-state index is 11.6. The van der Waals surface area contributed by atoms with Gasteiger partial charge in [0.1, 0.15) is 17.2 Å². The molecule has 122 valence electrons. The molecule has 0 saturated heterocycles. The van der Waals surface area contributed by atoms with Crippen LogP contribution in [0.2, 0.25) is 0 Å². The van der Waals surface area contributed by atoms with Crippen LogP contribution in [0.15, 0.2) is 42.5 Å². The largest absolute Gasteiger partial charge is 0.488 e. The summed E-state index contributed by atoms with van der Waals surface area (Å²) >= 11 is 1.04. The predicted molar refractivity (Wildman–Crippen MR) is 94.0 cm³/mol. The summed E-state index contributed by atoms with van der Waals surface area (Å²) in [5.74, 6) is -0.787. The summed E-state index contributed by atoms with van der Waals surface area (Å²) < 4.78 is 6.34. The molecule has 1 aromatic heterocycles. The number of amides is 2. The molecule has 0 aliphatic heterocycles. The monoisotopic (exact) mass is 341 g/mol. The van der Waals surface area contributed by atoms with Crippen LogP contribution in [0.1, 0.15) is 25.6 Å². The van der Waals surface area contributed by atoms with Crippen molar-refractivity contribution in [2.45, 2.75) is 6.61 Å². The number of hydrogen-bond donors (Lipinski definition) is 3. The standard InChI is InChI=1S/C17H15N3O3S/c18-13-12-11(23-8-9-4-2-1-3-5-9)7-6-10(16(19)21)14(12)24-15(13)17(20)22/h1-7H,8,18H2,(H2,19,21)(H2,20,22). The van der Waals surface area contributed by atoms with E-state index in [1.54, 1.807) is 12.1 Å². The topological polar surface area (TPSA) is 121 Å². The fourth-order valence-corrected chi connectivity index (χ4v) is 3.54. The van der Waals surface area contributed by atoms with Crippen molar-refractivity contribution >= 4 is 38.9 Å². The molecule has 0 bridgehead atoms. The maximum Gasteiger partial charge on any atom is 0.260 e. The number of primary amides is 2. The average molecular weight is 341 g/mol. The molecule has 24 heavy (non-hydrogen) atoms. The number of rotatable bonds is 5. The van der Waals surface area contributed by atoms with Crippen LogP contribution >= 0.6 is 11.3 Å².